The number of rotatable bonds is 6. The van der Waals surface area contributed by atoms with Gasteiger partial charge < -0.3 is 9.47 Å². The van der Waals surface area contributed by atoms with Crippen LogP contribution in [0.5, 0.6) is 11.5 Å². The van der Waals surface area contributed by atoms with E-state index in [0.717, 1.165) is 17.5 Å². The van der Waals surface area contributed by atoms with Crippen LogP contribution in [0.25, 0.3) is 0 Å². The molecule has 6 nitrogen and oxygen atoms in total. The quantitative estimate of drug-likeness (QED) is 0.780. The second-order valence-corrected chi connectivity index (χ2v) is 5.94. The lowest BCUT2D eigenvalue weighted by molar-refractivity contribution is 0.0846. The number of methoxy groups -OCH3 is 1. The first-order valence-electron chi connectivity index (χ1n) is 8.45. The number of benzene rings is 2. The van der Waals surface area contributed by atoms with Crippen LogP contribution in [-0.4, -0.2) is 25.5 Å². The van der Waals surface area contributed by atoms with E-state index in [1.807, 2.05) is 32.9 Å². The summed E-state index contributed by atoms with van der Waals surface area (Å²) < 4.78 is 10.8. The Balaban J connectivity index is 2.05. The van der Waals surface area contributed by atoms with Gasteiger partial charge in [-0.25, -0.2) is 0 Å². The van der Waals surface area contributed by atoms with Crippen molar-refractivity contribution in [1.29, 1.82) is 0 Å². The van der Waals surface area contributed by atoms with Crippen molar-refractivity contribution in [2.75, 3.05) is 13.7 Å². The molecule has 138 valence electrons. The van der Waals surface area contributed by atoms with E-state index >= 15 is 0 Å². The molecule has 0 aromatic heterocycles. The standard InChI is InChI=1S/C20H24N2O4/c1-5-10-26-17-9-8-15(12-18(17)25-4)19(23)21-22-20(24)16-11-13(2)6-7-14(16)3/h6-9,11-12H,5,10H2,1-4H3,(H,21,23)(H,22,24). The normalized spacial score (nSPS) is 10.2. The fourth-order valence-electron chi connectivity index (χ4n) is 2.37. The first kappa shape index (κ1) is 19.3. The Labute approximate surface area is 153 Å². The highest BCUT2D eigenvalue weighted by molar-refractivity contribution is 6.00. The highest BCUT2D eigenvalue weighted by Crippen LogP contribution is 2.28. The van der Waals surface area contributed by atoms with Gasteiger partial charge in [0.1, 0.15) is 0 Å². The number of carbonyl (C=O) groups excluding carboxylic acids is 2. The molecule has 0 fully saturated rings. The summed E-state index contributed by atoms with van der Waals surface area (Å²) in [4.78, 5) is 24.6. The van der Waals surface area contributed by atoms with E-state index in [1.165, 1.54) is 7.11 Å². The number of hydrazine groups is 1. The van der Waals surface area contributed by atoms with E-state index < -0.39 is 5.91 Å². The maximum absolute atomic E-state index is 12.3. The number of carbonyl (C=O) groups is 2. The van der Waals surface area contributed by atoms with Crippen LogP contribution >= 0.6 is 0 Å². The molecular weight excluding hydrogens is 332 g/mol. The molecule has 0 aliphatic rings. The summed E-state index contributed by atoms with van der Waals surface area (Å²) in [6.07, 6.45) is 0.871. The number of aryl methyl sites for hydroxylation is 2. The highest BCUT2D eigenvalue weighted by Gasteiger charge is 2.14. The molecule has 26 heavy (non-hydrogen) atoms. The number of ether oxygens (including phenoxy) is 2. The molecule has 0 spiro atoms. The average molecular weight is 356 g/mol. The summed E-state index contributed by atoms with van der Waals surface area (Å²) in [5.74, 6) is 0.232. The van der Waals surface area contributed by atoms with Crippen molar-refractivity contribution >= 4 is 11.8 Å². The fourth-order valence-corrected chi connectivity index (χ4v) is 2.37. The smallest absolute Gasteiger partial charge is 0.269 e. The summed E-state index contributed by atoms with van der Waals surface area (Å²) >= 11 is 0. The second kappa shape index (κ2) is 8.89. The molecule has 2 aromatic rings. The van der Waals surface area contributed by atoms with Crippen molar-refractivity contribution in [2.24, 2.45) is 0 Å². The van der Waals surface area contributed by atoms with Gasteiger partial charge in [-0.3, -0.25) is 20.4 Å². The average Bonchev–Trinajstić information content (AvgIpc) is 2.65. The Morgan fingerprint density at radius 3 is 2.38 bits per heavy atom. The monoisotopic (exact) mass is 356 g/mol. The molecule has 6 heteroatoms. The van der Waals surface area contributed by atoms with Gasteiger partial charge in [0, 0.05) is 11.1 Å². The third-order valence-corrected chi connectivity index (χ3v) is 3.81. The van der Waals surface area contributed by atoms with Crippen LogP contribution in [0, 0.1) is 13.8 Å². The Bertz CT molecular complexity index is 802. The Morgan fingerprint density at radius 2 is 1.69 bits per heavy atom. The predicted octanol–water partition coefficient (Wildman–Crippen LogP) is 3.18. The van der Waals surface area contributed by atoms with Crippen LogP contribution in [0.2, 0.25) is 0 Å². The van der Waals surface area contributed by atoms with Crippen molar-refractivity contribution in [1.82, 2.24) is 10.9 Å². The summed E-state index contributed by atoms with van der Waals surface area (Å²) in [5.41, 5.74) is 7.54. The molecule has 0 saturated carbocycles. The van der Waals surface area contributed by atoms with Crippen LogP contribution in [-0.2, 0) is 0 Å². The molecule has 2 N–H and O–H groups in total. The third kappa shape index (κ3) is 4.75. The van der Waals surface area contributed by atoms with Gasteiger partial charge in [-0.05, 0) is 50.1 Å². The number of amides is 2. The van der Waals surface area contributed by atoms with Gasteiger partial charge in [0.2, 0.25) is 0 Å². The van der Waals surface area contributed by atoms with E-state index in [0.29, 0.717) is 29.2 Å². The summed E-state index contributed by atoms with van der Waals surface area (Å²) in [6.45, 7) is 6.32. The predicted molar refractivity (Wildman–Crippen MR) is 99.6 cm³/mol. The lowest BCUT2D eigenvalue weighted by atomic mass is 10.1. The molecule has 0 saturated heterocycles. The molecule has 0 heterocycles. The van der Waals surface area contributed by atoms with Crippen LogP contribution in [0.1, 0.15) is 45.2 Å². The van der Waals surface area contributed by atoms with Crippen molar-refractivity contribution in [3.8, 4) is 11.5 Å². The van der Waals surface area contributed by atoms with E-state index in [2.05, 4.69) is 10.9 Å². The lowest BCUT2D eigenvalue weighted by Gasteiger charge is -2.13. The second-order valence-electron chi connectivity index (χ2n) is 5.94. The van der Waals surface area contributed by atoms with Gasteiger partial charge in [-0.1, -0.05) is 24.6 Å². The molecular formula is C20H24N2O4. The van der Waals surface area contributed by atoms with Crippen molar-refractivity contribution < 1.29 is 19.1 Å². The number of nitrogens with one attached hydrogen (secondary N) is 2. The fraction of sp³-hybridized carbons (Fsp3) is 0.300. The van der Waals surface area contributed by atoms with E-state index in [9.17, 15) is 9.59 Å². The largest absolute Gasteiger partial charge is 0.493 e. The molecule has 2 rings (SSSR count). The zero-order valence-electron chi connectivity index (χ0n) is 15.5. The summed E-state index contributed by atoms with van der Waals surface area (Å²) in [6, 6.07) is 10.4. The first-order valence-corrected chi connectivity index (χ1v) is 8.45. The van der Waals surface area contributed by atoms with Crippen molar-refractivity contribution in [3.05, 3.63) is 58.7 Å². The molecule has 0 bridgehead atoms. The summed E-state index contributed by atoms with van der Waals surface area (Å²) in [7, 11) is 1.51. The number of hydrogen-bond donors (Lipinski definition) is 2. The van der Waals surface area contributed by atoms with Gasteiger partial charge >= 0.3 is 0 Å². The molecule has 0 unspecified atom stereocenters. The molecule has 2 aromatic carbocycles. The molecule has 0 radical (unpaired) electrons. The minimum Gasteiger partial charge on any atom is -0.493 e. The van der Waals surface area contributed by atoms with E-state index in [4.69, 9.17) is 9.47 Å². The Hall–Kier alpha value is -3.02. The van der Waals surface area contributed by atoms with Gasteiger partial charge in [0.25, 0.3) is 11.8 Å². The van der Waals surface area contributed by atoms with Gasteiger partial charge in [-0.2, -0.15) is 0 Å². The minimum absolute atomic E-state index is 0.354. The maximum atomic E-state index is 12.3. The van der Waals surface area contributed by atoms with Gasteiger partial charge in [0.05, 0.1) is 13.7 Å². The maximum Gasteiger partial charge on any atom is 0.269 e. The van der Waals surface area contributed by atoms with Crippen molar-refractivity contribution in [2.45, 2.75) is 27.2 Å². The topological polar surface area (TPSA) is 76.7 Å². The molecule has 0 aliphatic carbocycles. The molecule has 2 amide bonds. The van der Waals surface area contributed by atoms with Gasteiger partial charge in [0.15, 0.2) is 11.5 Å². The first-order chi connectivity index (χ1) is 12.5. The third-order valence-electron chi connectivity index (χ3n) is 3.81. The SMILES string of the molecule is CCCOc1ccc(C(=O)NNC(=O)c2cc(C)ccc2C)cc1OC. The van der Waals surface area contributed by atoms with Crippen LogP contribution < -0.4 is 20.3 Å². The van der Waals surface area contributed by atoms with Crippen molar-refractivity contribution in [3.63, 3.8) is 0 Å². The highest BCUT2D eigenvalue weighted by atomic mass is 16.5. The lowest BCUT2D eigenvalue weighted by Crippen LogP contribution is -2.41. The van der Waals surface area contributed by atoms with Crippen LogP contribution in [0.3, 0.4) is 0 Å². The minimum atomic E-state index is -0.441. The Kier molecular flexibility index (Phi) is 6.60. The molecule has 0 aliphatic heterocycles. The van der Waals surface area contributed by atoms with Crippen LogP contribution in [0.4, 0.5) is 0 Å². The number of hydrogen-bond acceptors (Lipinski definition) is 4. The zero-order valence-corrected chi connectivity index (χ0v) is 15.5. The zero-order chi connectivity index (χ0) is 19.1. The summed E-state index contributed by atoms with van der Waals surface area (Å²) in [5, 5.41) is 0. The van der Waals surface area contributed by atoms with Gasteiger partial charge in [-0.15, -0.1) is 0 Å². The molecule has 0 atom stereocenters. The van der Waals surface area contributed by atoms with E-state index in [-0.39, 0.29) is 5.91 Å². The Morgan fingerprint density at radius 1 is 0.962 bits per heavy atom. The van der Waals surface area contributed by atoms with E-state index in [1.54, 1.807) is 24.3 Å². The van der Waals surface area contributed by atoms with Crippen LogP contribution in [0.15, 0.2) is 36.4 Å².